The number of hydrogen-bond acceptors (Lipinski definition) is 2. The summed E-state index contributed by atoms with van der Waals surface area (Å²) in [4.78, 5) is 19.9. The third-order valence-corrected chi connectivity index (χ3v) is 4.36. The maximum absolute atomic E-state index is 9.97. The first-order valence-corrected chi connectivity index (χ1v) is 9.58. The minimum atomic E-state index is 0. The van der Waals surface area contributed by atoms with Crippen LogP contribution in [0, 0.1) is 0 Å². The van der Waals surface area contributed by atoms with Crippen molar-refractivity contribution in [2.45, 2.75) is 38.5 Å². The fourth-order valence-corrected chi connectivity index (χ4v) is 2.81. The van der Waals surface area contributed by atoms with Gasteiger partial charge in [-0.05, 0) is 37.1 Å². The third-order valence-electron chi connectivity index (χ3n) is 4.36. The van der Waals surface area contributed by atoms with Gasteiger partial charge in [0.25, 0.3) is 0 Å². The van der Waals surface area contributed by atoms with E-state index in [0.29, 0.717) is 24.0 Å². The van der Waals surface area contributed by atoms with E-state index in [1.807, 2.05) is 36.4 Å². The quantitative estimate of drug-likeness (QED) is 0.126. The fraction of sp³-hybridized carbons (Fsp3) is 0.250. The second kappa shape index (κ2) is 13.7. The summed E-state index contributed by atoms with van der Waals surface area (Å²) < 4.78 is 0. The van der Waals surface area contributed by atoms with Crippen molar-refractivity contribution in [2.24, 2.45) is 0 Å². The SMILES string of the molecule is O/C(=C\C(=[OH+])c1ccccc1)CCCCCC/C(O)=C/C(=[OH+])c1ccccc1.[Ti]. The summed E-state index contributed by atoms with van der Waals surface area (Å²) >= 11 is 0. The molecule has 0 radical (unpaired) electrons. The van der Waals surface area contributed by atoms with Crippen LogP contribution in [0.15, 0.2) is 84.3 Å². The molecule has 150 valence electrons. The summed E-state index contributed by atoms with van der Waals surface area (Å²) in [6.45, 7) is 0. The molecule has 4 N–H and O–H groups in total. The molecule has 0 saturated carbocycles. The molecule has 29 heavy (non-hydrogen) atoms. The van der Waals surface area contributed by atoms with Gasteiger partial charge in [0.15, 0.2) is 0 Å². The first-order valence-electron chi connectivity index (χ1n) is 9.58. The van der Waals surface area contributed by atoms with Crippen molar-refractivity contribution in [2.75, 3.05) is 0 Å². The Labute approximate surface area is 186 Å². The second-order valence-electron chi connectivity index (χ2n) is 6.69. The molecular formula is C24H28O4Ti+2. The minimum absolute atomic E-state index is 0. The van der Waals surface area contributed by atoms with Crippen molar-refractivity contribution in [1.82, 2.24) is 0 Å². The Balaban J connectivity index is 0.00000420. The van der Waals surface area contributed by atoms with Gasteiger partial charge in [0.05, 0.1) is 23.3 Å². The summed E-state index contributed by atoms with van der Waals surface area (Å²) in [7, 11) is 0. The molecule has 0 atom stereocenters. The molecule has 0 saturated heterocycles. The standard InChI is InChI=1S/C24H26O4.Ti/c25-21(17-23(27)19-11-5-3-6-12-19)15-9-1-2-10-16-22(26)18-24(28)20-13-7-4-8-14-20;/h3-8,11-14,17-18,25-26H,1-2,9-10,15-16H2;/p+2/b21-17-,22-18-;. The molecule has 0 aliphatic heterocycles. The van der Waals surface area contributed by atoms with Crippen LogP contribution in [0.3, 0.4) is 0 Å². The van der Waals surface area contributed by atoms with E-state index in [4.69, 9.17) is 0 Å². The van der Waals surface area contributed by atoms with Crippen LogP contribution in [0.1, 0.15) is 49.7 Å². The summed E-state index contributed by atoms with van der Waals surface area (Å²) in [5, 5.41) is 19.9. The Kier molecular flexibility index (Phi) is 11.6. The van der Waals surface area contributed by atoms with Crippen molar-refractivity contribution in [3.05, 3.63) is 95.5 Å². The Morgan fingerprint density at radius 1 is 0.621 bits per heavy atom. The first-order chi connectivity index (χ1) is 13.6. The molecule has 0 bridgehead atoms. The Bertz CT molecular complexity index is 755. The van der Waals surface area contributed by atoms with Crippen molar-refractivity contribution in [3.8, 4) is 0 Å². The molecule has 0 aromatic heterocycles. The number of allylic oxidation sites excluding steroid dienone is 4. The van der Waals surface area contributed by atoms with Gasteiger partial charge in [-0.25, -0.2) is 0 Å². The van der Waals surface area contributed by atoms with Crippen molar-refractivity contribution in [1.29, 1.82) is 0 Å². The Morgan fingerprint density at radius 2 is 0.966 bits per heavy atom. The summed E-state index contributed by atoms with van der Waals surface area (Å²) in [5.74, 6) is 0.434. The van der Waals surface area contributed by atoms with Gasteiger partial charge in [-0.3, -0.25) is 9.59 Å². The number of benzene rings is 2. The number of carbonyl (C=O) groups excluding carboxylic acids is 2. The van der Waals surface area contributed by atoms with E-state index in [-0.39, 0.29) is 44.8 Å². The number of ketones is 2. The molecule has 4 nitrogen and oxygen atoms in total. The molecule has 0 spiro atoms. The number of aliphatic hydroxyl groups excluding tert-OH is 2. The average molecular weight is 428 g/mol. The van der Waals surface area contributed by atoms with E-state index < -0.39 is 0 Å². The smallest absolute Gasteiger partial charge is 0.350 e. The van der Waals surface area contributed by atoms with Crippen LogP contribution < -0.4 is 0 Å². The van der Waals surface area contributed by atoms with Gasteiger partial charge < -0.3 is 10.2 Å². The Morgan fingerprint density at radius 3 is 1.31 bits per heavy atom. The zero-order valence-corrected chi connectivity index (χ0v) is 18.0. The van der Waals surface area contributed by atoms with Gasteiger partial charge >= 0.3 is 11.6 Å². The van der Waals surface area contributed by atoms with Crippen LogP contribution in [0.25, 0.3) is 0 Å². The Hall–Kier alpha value is -2.43. The van der Waals surface area contributed by atoms with E-state index in [2.05, 4.69) is 0 Å². The predicted molar refractivity (Wildman–Crippen MR) is 114 cm³/mol. The van der Waals surface area contributed by atoms with Gasteiger partial charge in [0.1, 0.15) is 11.5 Å². The van der Waals surface area contributed by atoms with E-state index >= 15 is 0 Å². The third kappa shape index (κ3) is 9.55. The molecule has 0 heterocycles. The largest absolute Gasteiger partial charge is 0.512 e. The van der Waals surface area contributed by atoms with Crippen molar-refractivity contribution in [3.63, 3.8) is 0 Å². The number of unbranched alkanes of at least 4 members (excludes halogenated alkanes) is 3. The topological polar surface area (TPSA) is 83.3 Å². The van der Waals surface area contributed by atoms with Crippen LogP contribution in [0.2, 0.25) is 0 Å². The molecule has 0 aliphatic carbocycles. The average Bonchev–Trinajstić information content (AvgIpc) is 2.71. The molecule has 0 amide bonds. The molecule has 2 aromatic carbocycles. The normalized spacial score (nSPS) is 11.6. The van der Waals surface area contributed by atoms with Gasteiger partial charge in [0.2, 0.25) is 0 Å². The van der Waals surface area contributed by atoms with Crippen LogP contribution >= 0.6 is 0 Å². The first kappa shape index (κ1) is 24.6. The van der Waals surface area contributed by atoms with Crippen molar-refractivity contribution >= 4 is 11.6 Å². The maximum atomic E-state index is 9.97. The number of rotatable bonds is 11. The van der Waals surface area contributed by atoms with Crippen LogP contribution in [0.4, 0.5) is 0 Å². The van der Waals surface area contributed by atoms with Gasteiger partial charge in [-0.2, -0.15) is 0 Å². The minimum Gasteiger partial charge on any atom is -0.512 e. The summed E-state index contributed by atoms with van der Waals surface area (Å²) in [6.07, 6.45) is 7.21. The van der Waals surface area contributed by atoms with Crippen LogP contribution in [-0.4, -0.2) is 31.4 Å². The molecule has 0 unspecified atom stereocenters. The molecule has 2 rings (SSSR count). The predicted octanol–water partition coefficient (Wildman–Crippen LogP) is 5.39. The van der Waals surface area contributed by atoms with Crippen molar-refractivity contribution < 1.29 is 41.5 Å². The van der Waals surface area contributed by atoms with Crippen LogP contribution in [0.5, 0.6) is 0 Å². The fourth-order valence-electron chi connectivity index (χ4n) is 2.81. The van der Waals surface area contributed by atoms with Gasteiger partial charge in [-0.1, -0.05) is 49.2 Å². The summed E-state index contributed by atoms with van der Waals surface area (Å²) in [5.41, 5.74) is 1.35. The monoisotopic (exact) mass is 428 g/mol. The van der Waals surface area contributed by atoms with Gasteiger partial charge in [0, 0.05) is 34.6 Å². The molecule has 5 heteroatoms. The number of aliphatic hydroxyl groups is 2. The second-order valence-corrected chi connectivity index (χ2v) is 6.69. The maximum Gasteiger partial charge on any atom is 0.350 e. The zero-order chi connectivity index (χ0) is 20.2. The van der Waals surface area contributed by atoms with E-state index in [0.717, 1.165) is 25.7 Å². The molecule has 0 fully saturated rings. The summed E-state index contributed by atoms with van der Waals surface area (Å²) in [6, 6.07) is 18.2. The molecular weight excluding hydrogens is 400 g/mol. The van der Waals surface area contributed by atoms with Gasteiger partial charge in [-0.15, -0.1) is 0 Å². The van der Waals surface area contributed by atoms with E-state index in [1.54, 1.807) is 24.3 Å². The number of hydrogen-bond donors (Lipinski definition) is 2. The zero-order valence-electron chi connectivity index (χ0n) is 16.5. The van der Waals surface area contributed by atoms with E-state index in [1.165, 1.54) is 12.2 Å². The molecule has 2 aromatic rings. The van der Waals surface area contributed by atoms with Crippen LogP contribution in [-0.2, 0) is 21.7 Å². The molecule has 0 aliphatic rings. The van der Waals surface area contributed by atoms with E-state index in [9.17, 15) is 19.8 Å².